The standard InChI is InChI=1S/C13H20N2O4S/c1-4-15(7-8-19-3)13(16)12-6-5-11(9-10(12)2)20(14,17)18/h5-6,9H,4,7-8H2,1-3H3,(H2,14,17,18). The zero-order valence-electron chi connectivity index (χ0n) is 11.9. The quantitative estimate of drug-likeness (QED) is 0.839. The Kier molecular flexibility index (Phi) is 5.67. The molecule has 0 saturated heterocycles. The van der Waals surface area contributed by atoms with Gasteiger partial charge in [-0.15, -0.1) is 0 Å². The molecule has 0 aromatic heterocycles. The van der Waals surface area contributed by atoms with Crippen LogP contribution in [-0.2, 0) is 14.8 Å². The van der Waals surface area contributed by atoms with Crippen molar-refractivity contribution in [1.82, 2.24) is 4.90 Å². The van der Waals surface area contributed by atoms with Gasteiger partial charge in [0.1, 0.15) is 0 Å². The van der Waals surface area contributed by atoms with Crippen LogP contribution in [0.5, 0.6) is 0 Å². The van der Waals surface area contributed by atoms with Gasteiger partial charge in [0.05, 0.1) is 11.5 Å². The lowest BCUT2D eigenvalue weighted by Gasteiger charge is -2.21. The summed E-state index contributed by atoms with van der Waals surface area (Å²) < 4.78 is 27.5. The normalized spacial score (nSPS) is 11.4. The van der Waals surface area contributed by atoms with Crippen LogP contribution in [0, 0.1) is 6.92 Å². The number of hydrogen-bond donors (Lipinski definition) is 1. The van der Waals surface area contributed by atoms with Gasteiger partial charge >= 0.3 is 0 Å². The molecule has 20 heavy (non-hydrogen) atoms. The van der Waals surface area contributed by atoms with E-state index in [0.29, 0.717) is 30.8 Å². The SMILES string of the molecule is CCN(CCOC)C(=O)c1ccc(S(N)(=O)=O)cc1C. The Morgan fingerprint density at radius 2 is 2.05 bits per heavy atom. The van der Waals surface area contributed by atoms with Crippen molar-refractivity contribution >= 4 is 15.9 Å². The van der Waals surface area contributed by atoms with E-state index in [9.17, 15) is 13.2 Å². The number of benzene rings is 1. The molecule has 1 aromatic carbocycles. The number of likely N-dealkylation sites (N-methyl/N-ethyl adjacent to an activating group) is 1. The lowest BCUT2D eigenvalue weighted by Crippen LogP contribution is -2.34. The van der Waals surface area contributed by atoms with E-state index in [0.717, 1.165) is 0 Å². The lowest BCUT2D eigenvalue weighted by molar-refractivity contribution is 0.0705. The Hall–Kier alpha value is -1.44. The molecule has 1 aromatic rings. The summed E-state index contributed by atoms with van der Waals surface area (Å²) in [6.45, 7) is 5.06. The van der Waals surface area contributed by atoms with E-state index >= 15 is 0 Å². The zero-order chi connectivity index (χ0) is 15.3. The number of primary sulfonamides is 1. The first-order chi connectivity index (χ1) is 9.31. The van der Waals surface area contributed by atoms with Crippen LogP contribution in [0.3, 0.4) is 0 Å². The summed E-state index contributed by atoms with van der Waals surface area (Å²) in [6, 6.07) is 4.25. The number of amides is 1. The number of sulfonamides is 1. The average Bonchev–Trinajstić information content (AvgIpc) is 2.38. The third kappa shape index (κ3) is 4.03. The topological polar surface area (TPSA) is 89.7 Å². The molecule has 0 unspecified atom stereocenters. The molecule has 0 saturated carbocycles. The molecular weight excluding hydrogens is 280 g/mol. The monoisotopic (exact) mass is 300 g/mol. The van der Waals surface area contributed by atoms with E-state index in [4.69, 9.17) is 9.88 Å². The molecule has 0 aliphatic rings. The van der Waals surface area contributed by atoms with E-state index in [1.165, 1.54) is 18.2 Å². The maximum absolute atomic E-state index is 12.4. The second-order valence-electron chi connectivity index (χ2n) is 4.40. The first-order valence-corrected chi connectivity index (χ1v) is 7.77. The van der Waals surface area contributed by atoms with E-state index in [1.54, 1.807) is 18.9 Å². The predicted molar refractivity (Wildman–Crippen MR) is 76.0 cm³/mol. The number of methoxy groups -OCH3 is 1. The fourth-order valence-electron chi connectivity index (χ4n) is 1.83. The van der Waals surface area contributed by atoms with Gasteiger partial charge in [0.2, 0.25) is 10.0 Å². The highest BCUT2D eigenvalue weighted by molar-refractivity contribution is 7.89. The van der Waals surface area contributed by atoms with Crippen LogP contribution < -0.4 is 5.14 Å². The van der Waals surface area contributed by atoms with Crippen LogP contribution in [0.25, 0.3) is 0 Å². The summed E-state index contributed by atoms with van der Waals surface area (Å²) in [5.41, 5.74) is 1.05. The van der Waals surface area contributed by atoms with Crippen LogP contribution in [0.15, 0.2) is 23.1 Å². The largest absolute Gasteiger partial charge is 0.383 e. The van der Waals surface area contributed by atoms with E-state index in [-0.39, 0.29) is 10.8 Å². The second-order valence-corrected chi connectivity index (χ2v) is 5.96. The molecule has 0 aliphatic carbocycles. The highest BCUT2D eigenvalue weighted by Crippen LogP contribution is 2.16. The van der Waals surface area contributed by atoms with E-state index in [2.05, 4.69) is 0 Å². The second kappa shape index (κ2) is 6.83. The maximum atomic E-state index is 12.4. The minimum absolute atomic E-state index is 0.00601. The summed E-state index contributed by atoms with van der Waals surface area (Å²) >= 11 is 0. The van der Waals surface area contributed by atoms with Gasteiger partial charge < -0.3 is 9.64 Å². The van der Waals surface area contributed by atoms with Crippen LogP contribution in [0.2, 0.25) is 0 Å². The number of ether oxygens (including phenoxy) is 1. The Bertz CT molecular complexity index is 584. The van der Waals surface area contributed by atoms with Crippen molar-refractivity contribution in [2.24, 2.45) is 5.14 Å². The summed E-state index contributed by atoms with van der Waals surface area (Å²) in [6.07, 6.45) is 0. The van der Waals surface area contributed by atoms with Gasteiger partial charge in [-0.05, 0) is 37.6 Å². The third-order valence-electron chi connectivity index (χ3n) is 2.99. The molecule has 112 valence electrons. The van der Waals surface area contributed by atoms with Crippen LogP contribution in [0.4, 0.5) is 0 Å². The highest BCUT2D eigenvalue weighted by atomic mass is 32.2. The maximum Gasteiger partial charge on any atom is 0.254 e. The number of hydrogen-bond acceptors (Lipinski definition) is 4. The summed E-state index contributed by atoms with van der Waals surface area (Å²) in [4.78, 5) is 14.0. The Labute approximate surface area is 119 Å². The number of nitrogens with zero attached hydrogens (tertiary/aromatic N) is 1. The molecule has 1 rings (SSSR count). The van der Waals surface area contributed by atoms with Crippen molar-refractivity contribution < 1.29 is 17.9 Å². The minimum atomic E-state index is -3.75. The Balaban J connectivity index is 3.05. The van der Waals surface area contributed by atoms with E-state index < -0.39 is 10.0 Å². The van der Waals surface area contributed by atoms with Crippen LogP contribution in [0.1, 0.15) is 22.8 Å². The molecule has 0 heterocycles. The van der Waals surface area contributed by atoms with Crippen molar-refractivity contribution in [2.45, 2.75) is 18.7 Å². The van der Waals surface area contributed by atoms with Crippen molar-refractivity contribution in [3.8, 4) is 0 Å². The lowest BCUT2D eigenvalue weighted by atomic mass is 10.1. The van der Waals surface area contributed by atoms with Gasteiger partial charge in [-0.3, -0.25) is 4.79 Å². The van der Waals surface area contributed by atoms with Gasteiger partial charge in [0.25, 0.3) is 5.91 Å². The Morgan fingerprint density at radius 1 is 1.40 bits per heavy atom. The number of carbonyl (C=O) groups is 1. The molecule has 6 nitrogen and oxygen atoms in total. The molecule has 2 N–H and O–H groups in total. The van der Waals surface area contributed by atoms with E-state index in [1.807, 2.05) is 6.92 Å². The van der Waals surface area contributed by atoms with Crippen LogP contribution in [-0.4, -0.2) is 46.0 Å². The molecule has 0 bridgehead atoms. The summed E-state index contributed by atoms with van der Waals surface area (Å²) in [5, 5.41) is 5.06. The fourth-order valence-corrected chi connectivity index (χ4v) is 2.43. The summed E-state index contributed by atoms with van der Waals surface area (Å²) in [7, 11) is -2.18. The number of aryl methyl sites for hydroxylation is 1. The minimum Gasteiger partial charge on any atom is -0.383 e. The molecule has 0 radical (unpaired) electrons. The number of nitrogens with two attached hydrogens (primary N) is 1. The molecule has 0 fully saturated rings. The van der Waals surface area contributed by atoms with Gasteiger partial charge in [-0.25, -0.2) is 13.6 Å². The van der Waals surface area contributed by atoms with Crippen molar-refractivity contribution in [3.05, 3.63) is 29.3 Å². The molecule has 0 atom stereocenters. The van der Waals surface area contributed by atoms with Gasteiger partial charge in [-0.1, -0.05) is 0 Å². The number of carbonyl (C=O) groups excluding carboxylic acids is 1. The first-order valence-electron chi connectivity index (χ1n) is 6.23. The smallest absolute Gasteiger partial charge is 0.254 e. The molecular formula is C13H20N2O4S. The third-order valence-corrected chi connectivity index (χ3v) is 3.90. The highest BCUT2D eigenvalue weighted by Gasteiger charge is 2.18. The van der Waals surface area contributed by atoms with Gasteiger partial charge in [0.15, 0.2) is 0 Å². The Morgan fingerprint density at radius 3 is 2.50 bits per heavy atom. The van der Waals surface area contributed by atoms with Crippen molar-refractivity contribution in [3.63, 3.8) is 0 Å². The van der Waals surface area contributed by atoms with Gasteiger partial charge in [-0.2, -0.15) is 0 Å². The number of rotatable bonds is 6. The molecule has 7 heteroatoms. The van der Waals surface area contributed by atoms with Gasteiger partial charge in [0, 0.05) is 25.8 Å². The first kappa shape index (κ1) is 16.6. The predicted octanol–water partition coefficient (Wildman–Crippen LogP) is 0.751. The fraction of sp³-hybridized carbons (Fsp3) is 0.462. The summed E-state index contributed by atoms with van der Waals surface area (Å²) in [5.74, 6) is -0.150. The van der Waals surface area contributed by atoms with Crippen molar-refractivity contribution in [1.29, 1.82) is 0 Å². The van der Waals surface area contributed by atoms with Crippen molar-refractivity contribution in [2.75, 3.05) is 26.8 Å². The zero-order valence-corrected chi connectivity index (χ0v) is 12.7. The molecule has 0 aliphatic heterocycles. The average molecular weight is 300 g/mol. The molecule has 0 spiro atoms. The van der Waals surface area contributed by atoms with Crippen LogP contribution >= 0.6 is 0 Å². The molecule has 1 amide bonds.